The molecule has 1 saturated heterocycles. The van der Waals surface area contributed by atoms with Crippen LogP contribution in [0.3, 0.4) is 0 Å². The molecule has 0 radical (unpaired) electrons. The summed E-state index contributed by atoms with van der Waals surface area (Å²) in [6, 6.07) is 21.1. The lowest BCUT2D eigenvalue weighted by molar-refractivity contribution is -0.115. The van der Waals surface area contributed by atoms with Crippen LogP contribution in [0.4, 0.5) is 21.9 Å². The van der Waals surface area contributed by atoms with E-state index in [1.54, 1.807) is 6.08 Å². The zero-order valence-corrected chi connectivity index (χ0v) is 23.2. The van der Waals surface area contributed by atoms with E-state index < -0.39 is 0 Å². The molecule has 2 aliphatic heterocycles. The number of para-hydroxylation sites is 2. The van der Waals surface area contributed by atoms with E-state index in [-0.39, 0.29) is 22.0 Å². The summed E-state index contributed by atoms with van der Waals surface area (Å²) in [5, 5.41) is 1.98. The summed E-state index contributed by atoms with van der Waals surface area (Å²) < 4.78 is 0. The number of aliphatic imine (C=N–C) groups is 1. The van der Waals surface area contributed by atoms with Gasteiger partial charge >= 0.3 is 0 Å². The number of carbonyl (C=O) groups excluding carboxylic acids is 2. The summed E-state index contributed by atoms with van der Waals surface area (Å²) >= 11 is 0.932. The van der Waals surface area contributed by atoms with Gasteiger partial charge in [0.25, 0.3) is 11.1 Å². The molecule has 0 saturated carbocycles. The molecule has 0 bridgehead atoms. The Morgan fingerprint density at radius 2 is 1.55 bits per heavy atom. The van der Waals surface area contributed by atoms with Crippen LogP contribution in [0.2, 0.25) is 0 Å². The van der Waals surface area contributed by atoms with E-state index in [9.17, 15) is 9.59 Å². The smallest absolute Gasteiger partial charge is 0.290 e. The summed E-state index contributed by atoms with van der Waals surface area (Å²) in [6.45, 7) is 9.42. The van der Waals surface area contributed by atoms with Gasteiger partial charge in [-0.15, -0.1) is 0 Å². The van der Waals surface area contributed by atoms with Crippen LogP contribution < -0.4 is 10.2 Å². The maximum Gasteiger partial charge on any atom is 0.290 e. The van der Waals surface area contributed by atoms with Gasteiger partial charge in [-0.2, -0.15) is 0 Å². The highest BCUT2D eigenvalue weighted by Gasteiger charge is 2.39. The van der Waals surface area contributed by atoms with E-state index in [0.29, 0.717) is 4.91 Å². The van der Waals surface area contributed by atoms with E-state index in [1.165, 1.54) is 11.1 Å². The summed E-state index contributed by atoms with van der Waals surface area (Å²) in [7, 11) is 2.13. The highest BCUT2D eigenvalue weighted by atomic mass is 32.2. The first-order valence-electron chi connectivity index (χ1n) is 13.0. The first-order chi connectivity index (χ1) is 18.0. The van der Waals surface area contributed by atoms with Gasteiger partial charge in [-0.05, 0) is 82.5 Å². The Balaban J connectivity index is 1.53. The monoisotopic (exact) mass is 521 g/mol. The fourth-order valence-electron chi connectivity index (χ4n) is 5.75. The molecule has 5 nitrogen and oxygen atoms in total. The van der Waals surface area contributed by atoms with Crippen LogP contribution in [0.15, 0.2) is 70.6 Å². The van der Waals surface area contributed by atoms with Crippen LogP contribution >= 0.6 is 11.8 Å². The molecule has 1 fully saturated rings. The Labute approximate surface area is 228 Å². The fourth-order valence-corrected chi connectivity index (χ4v) is 6.43. The van der Waals surface area contributed by atoms with Crippen molar-refractivity contribution in [3.8, 4) is 0 Å². The quantitative estimate of drug-likeness (QED) is 0.353. The third kappa shape index (κ3) is 4.08. The first-order valence-corrected chi connectivity index (χ1v) is 13.8. The van der Waals surface area contributed by atoms with E-state index in [4.69, 9.17) is 4.99 Å². The Hall–Kier alpha value is -3.64. The first kappa shape index (κ1) is 24.7. The predicted molar refractivity (Wildman–Crippen MR) is 157 cm³/mol. The van der Waals surface area contributed by atoms with Gasteiger partial charge in [-0.1, -0.05) is 64.1 Å². The van der Waals surface area contributed by atoms with Crippen LogP contribution in [0, 0.1) is 0 Å². The number of nitrogens with zero attached hydrogens (tertiary/aromatic N) is 2. The van der Waals surface area contributed by atoms with E-state index in [1.807, 2.05) is 18.2 Å². The standard InChI is InChI=1S/C32H31N3O2S/c1-31(2)14-15-32(3,4)23-18-26-21(17-22(23)31)28(33-24-8-6-7-9-25(24)35(26)5)20-12-10-19(11-13-20)16-27-29(36)34-30(37)38-27/h6-13,16-18H,14-15H2,1-5H3,(H,34,36,37)/b27-16-. The van der Waals surface area contributed by atoms with Crippen molar-refractivity contribution in [3.05, 3.63) is 93.4 Å². The van der Waals surface area contributed by atoms with Crippen molar-refractivity contribution in [2.24, 2.45) is 4.99 Å². The molecule has 6 heteroatoms. The molecular formula is C32H31N3O2S. The number of benzene rings is 3. The lowest BCUT2D eigenvalue weighted by Gasteiger charge is -2.43. The van der Waals surface area contributed by atoms with E-state index in [2.05, 4.69) is 87.4 Å². The van der Waals surface area contributed by atoms with Gasteiger partial charge in [0.05, 0.1) is 27.7 Å². The number of thioether (sulfide) groups is 1. The lowest BCUT2D eigenvalue weighted by Crippen LogP contribution is -2.34. The lowest BCUT2D eigenvalue weighted by atomic mass is 9.62. The number of nitrogens with one attached hydrogen (secondary N) is 1. The summed E-state index contributed by atoms with van der Waals surface area (Å²) in [5.74, 6) is -0.346. The SMILES string of the molecule is CN1c2ccccc2N=C(c2ccc(/C=C3\SC(=O)NC3=O)cc2)c2cc3c(cc21)C(C)(C)CCC3(C)C. The van der Waals surface area contributed by atoms with Crippen molar-refractivity contribution in [3.63, 3.8) is 0 Å². The molecule has 192 valence electrons. The summed E-state index contributed by atoms with van der Waals surface area (Å²) in [4.78, 5) is 31.5. The number of anilines is 2. The predicted octanol–water partition coefficient (Wildman–Crippen LogP) is 7.61. The number of imide groups is 1. The van der Waals surface area contributed by atoms with Gasteiger partial charge in [0.2, 0.25) is 0 Å². The van der Waals surface area contributed by atoms with Crippen LogP contribution in [0.25, 0.3) is 6.08 Å². The van der Waals surface area contributed by atoms with Gasteiger partial charge in [-0.25, -0.2) is 4.99 Å². The maximum absolute atomic E-state index is 12.0. The molecular weight excluding hydrogens is 490 g/mol. The second-order valence-corrected chi connectivity index (χ2v) is 12.7. The molecule has 1 N–H and O–H groups in total. The third-order valence-electron chi connectivity index (χ3n) is 8.18. The van der Waals surface area contributed by atoms with Crippen molar-refractivity contribution < 1.29 is 9.59 Å². The topological polar surface area (TPSA) is 61.8 Å². The van der Waals surface area contributed by atoms with Crippen molar-refractivity contribution in [2.75, 3.05) is 11.9 Å². The van der Waals surface area contributed by atoms with E-state index in [0.717, 1.165) is 64.1 Å². The zero-order valence-electron chi connectivity index (χ0n) is 22.4. The minimum atomic E-state index is -0.346. The van der Waals surface area contributed by atoms with Crippen LogP contribution in [0.5, 0.6) is 0 Å². The minimum absolute atomic E-state index is 0.0791. The Kier molecular flexibility index (Phi) is 5.65. The molecule has 1 aliphatic carbocycles. The minimum Gasteiger partial charge on any atom is -0.342 e. The molecule has 0 spiro atoms. The fraction of sp³-hybridized carbons (Fsp3) is 0.281. The number of hydrogen-bond acceptors (Lipinski definition) is 5. The van der Waals surface area contributed by atoms with Gasteiger partial charge in [0, 0.05) is 18.2 Å². The molecule has 3 aromatic carbocycles. The molecule has 3 aromatic rings. The average Bonchev–Trinajstić information content (AvgIpc) is 3.14. The second kappa shape index (κ2) is 8.70. The Morgan fingerprint density at radius 3 is 2.21 bits per heavy atom. The largest absolute Gasteiger partial charge is 0.342 e. The van der Waals surface area contributed by atoms with Crippen molar-refractivity contribution in [2.45, 2.75) is 51.4 Å². The zero-order chi connectivity index (χ0) is 26.8. The molecule has 0 aromatic heterocycles. The molecule has 2 heterocycles. The Bertz CT molecular complexity index is 1560. The maximum atomic E-state index is 12.0. The molecule has 3 aliphatic rings. The van der Waals surface area contributed by atoms with Crippen LogP contribution in [-0.4, -0.2) is 23.9 Å². The van der Waals surface area contributed by atoms with Gasteiger partial charge in [0.15, 0.2) is 0 Å². The van der Waals surface area contributed by atoms with E-state index >= 15 is 0 Å². The third-order valence-corrected chi connectivity index (χ3v) is 9.00. The summed E-state index contributed by atoms with van der Waals surface area (Å²) in [6.07, 6.45) is 4.05. The molecule has 38 heavy (non-hydrogen) atoms. The molecule has 6 rings (SSSR count). The van der Waals surface area contributed by atoms with Crippen LogP contribution in [0.1, 0.15) is 68.4 Å². The number of carbonyl (C=O) groups is 2. The van der Waals surface area contributed by atoms with Crippen molar-refractivity contribution in [1.82, 2.24) is 5.32 Å². The van der Waals surface area contributed by atoms with Crippen molar-refractivity contribution >= 4 is 51.8 Å². The number of fused-ring (bicyclic) bond motifs is 3. The normalized spacial score (nSPS) is 20.3. The Morgan fingerprint density at radius 1 is 0.895 bits per heavy atom. The second-order valence-electron chi connectivity index (χ2n) is 11.7. The average molecular weight is 522 g/mol. The molecule has 2 amide bonds. The highest BCUT2D eigenvalue weighted by Crippen LogP contribution is 2.50. The summed E-state index contributed by atoms with van der Waals surface area (Å²) in [5.41, 5.74) is 10.1. The van der Waals surface area contributed by atoms with Crippen molar-refractivity contribution in [1.29, 1.82) is 0 Å². The number of amides is 2. The van der Waals surface area contributed by atoms with Gasteiger partial charge in [0.1, 0.15) is 0 Å². The molecule has 0 atom stereocenters. The van der Waals surface area contributed by atoms with Gasteiger partial charge in [-0.3, -0.25) is 14.9 Å². The van der Waals surface area contributed by atoms with Crippen LogP contribution in [-0.2, 0) is 15.6 Å². The van der Waals surface area contributed by atoms with Gasteiger partial charge < -0.3 is 4.90 Å². The number of rotatable bonds is 2. The molecule has 0 unspecified atom stereocenters. The number of hydrogen-bond donors (Lipinski definition) is 1. The highest BCUT2D eigenvalue weighted by molar-refractivity contribution is 8.18.